The number of aromatic nitrogens is 2. The van der Waals surface area contributed by atoms with Gasteiger partial charge in [-0.15, -0.1) is 0 Å². The molecule has 0 amide bonds. The largest absolute Gasteiger partial charge is 0.340 e. The number of nitrogens with zero attached hydrogens (tertiary/aromatic N) is 3. The van der Waals surface area contributed by atoms with Gasteiger partial charge in [0.15, 0.2) is 0 Å². The zero-order chi connectivity index (χ0) is 14.5. The number of anilines is 1. The van der Waals surface area contributed by atoms with Crippen molar-refractivity contribution in [1.82, 2.24) is 15.3 Å². The van der Waals surface area contributed by atoms with E-state index in [1.165, 1.54) is 12.1 Å². The second-order valence-electron chi connectivity index (χ2n) is 5.29. The van der Waals surface area contributed by atoms with Crippen molar-refractivity contribution >= 4 is 5.95 Å². The minimum absolute atomic E-state index is 0.208. The highest BCUT2D eigenvalue weighted by atomic mass is 19.1. The number of hydrogen-bond donors (Lipinski definition) is 1. The van der Waals surface area contributed by atoms with Crippen LogP contribution in [-0.4, -0.2) is 36.1 Å². The van der Waals surface area contributed by atoms with Crippen molar-refractivity contribution in [3.63, 3.8) is 0 Å². The number of benzene rings is 1. The predicted octanol–water partition coefficient (Wildman–Crippen LogP) is 2.01. The Kier molecular flexibility index (Phi) is 4.40. The molecule has 0 spiro atoms. The third-order valence-electron chi connectivity index (χ3n) is 3.64. The van der Waals surface area contributed by atoms with Crippen LogP contribution < -0.4 is 10.2 Å². The Bertz CT molecular complexity index is 560. The molecule has 1 aromatic heterocycles. The zero-order valence-corrected chi connectivity index (χ0v) is 11.9. The van der Waals surface area contributed by atoms with Crippen LogP contribution >= 0.6 is 0 Å². The van der Waals surface area contributed by atoms with Gasteiger partial charge in [-0.3, -0.25) is 0 Å². The Balaban J connectivity index is 1.67. The third kappa shape index (κ3) is 3.76. The van der Waals surface area contributed by atoms with Gasteiger partial charge >= 0.3 is 0 Å². The SMILES string of the molecule is Fc1ccc(Cc2cnc(N3CCCNCC3)nc2)cc1. The van der Waals surface area contributed by atoms with Gasteiger partial charge in [-0.05, 0) is 36.2 Å². The summed E-state index contributed by atoms with van der Waals surface area (Å²) >= 11 is 0. The number of rotatable bonds is 3. The Morgan fingerprint density at radius 1 is 1.00 bits per heavy atom. The van der Waals surface area contributed by atoms with E-state index in [1.807, 2.05) is 12.4 Å². The van der Waals surface area contributed by atoms with Gasteiger partial charge in [0.25, 0.3) is 0 Å². The average Bonchev–Trinajstić information content (AvgIpc) is 2.80. The van der Waals surface area contributed by atoms with Crippen LogP contribution in [0.1, 0.15) is 17.5 Å². The summed E-state index contributed by atoms with van der Waals surface area (Å²) in [6.45, 7) is 3.96. The molecule has 21 heavy (non-hydrogen) atoms. The molecule has 0 aliphatic carbocycles. The molecular formula is C16H19FN4. The van der Waals surface area contributed by atoms with Crippen LogP contribution in [0.4, 0.5) is 10.3 Å². The standard InChI is InChI=1S/C16H19FN4/c17-15-4-2-13(3-5-15)10-14-11-19-16(20-12-14)21-8-1-6-18-7-9-21/h2-5,11-12,18H,1,6-10H2. The molecule has 1 fully saturated rings. The molecule has 0 saturated carbocycles. The molecule has 1 N–H and O–H groups in total. The van der Waals surface area contributed by atoms with E-state index in [2.05, 4.69) is 20.2 Å². The predicted molar refractivity (Wildman–Crippen MR) is 80.9 cm³/mol. The van der Waals surface area contributed by atoms with Crippen molar-refractivity contribution in [3.8, 4) is 0 Å². The van der Waals surface area contributed by atoms with Gasteiger partial charge < -0.3 is 10.2 Å². The summed E-state index contributed by atoms with van der Waals surface area (Å²) in [6, 6.07) is 6.55. The number of halogens is 1. The minimum Gasteiger partial charge on any atom is -0.340 e. The second-order valence-corrected chi connectivity index (χ2v) is 5.29. The van der Waals surface area contributed by atoms with E-state index in [1.54, 1.807) is 12.1 Å². The van der Waals surface area contributed by atoms with Crippen LogP contribution in [0.15, 0.2) is 36.7 Å². The van der Waals surface area contributed by atoms with Crippen LogP contribution in [0.3, 0.4) is 0 Å². The maximum atomic E-state index is 12.9. The van der Waals surface area contributed by atoms with Crippen molar-refractivity contribution < 1.29 is 4.39 Å². The highest BCUT2D eigenvalue weighted by molar-refractivity contribution is 5.31. The first kappa shape index (κ1) is 13.9. The molecule has 2 aromatic rings. The Morgan fingerprint density at radius 3 is 2.52 bits per heavy atom. The van der Waals surface area contributed by atoms with Gasteiger partial charge in [-0.1, -0.05) is 12.1 Å². The lowest BCUT2D eigenvalue weighted by Crippen LogP contribution is -2.29. The fourth-order valence-electron chi connectivity index (χ4n) is 2.49. The average molecular weight is 286 g/mol. The first-order valence-corrected chi connectivity index (χ1v) is 7.32. The maximum absolute atomic E-state index is 12.9. The molecule has 1 aliphatic rings. The van der Waals surface area contributed by atoms with E-state index < -0.39 is 0 Å². The third-order valence-corrected chi connectivity index (χ3v) is 3.64. The first-order chi connectivity index (χ1) is 10.3. The summed E-state index contributed by atoms with van der Waals surface area (Å²) in [7, 11) is 0. The van der Waals surface area contributed by atoms with Crippen LogP contribution in [-0.2, 0) is 6.42 Å². The van der Waals surface area contributed by atoms with Crippen molar-refractivity contribution in [2.75, 3.05) is 31.1 Å². The zero-order valence-electron chi connectivity index (χ0n) is 11.9. The van der Waals surface area contributed by atoms with Crippen LogP contribution in [0.2, 0.25) is 0 Å². The Hall–Kier alpha value is -2.01. The topological polar surface area (TPSA) is 41.1 Å². The molecule has 0 radical (unpaired) electrons. The van der Waals surface area contributed by atoms with E-state index in [9.17, 15) is 4.39 Å². The lowest BCUT2D eigenvalue weighted by Gasteiger charge is -2.19. The quantitative estimate of drug-likeness (QED) is 0.937. The van der Waals surface area contributed by atoms with Gasteiger partial charge in [0.2, 0.25) is 5.95 Å². The van der Waals surface area contributed by atoms with Crippen LogP contribution in [0.5, 0.6) is 0 Å². The van der Waals surface area contributed by atoms with Gasteiger partial charge in [0.1, 0.15) is 5.82 Å². The Labute approximate surface area is 124 Å². The summed E-state index contributed by atoms with van der Waals surface area (Å²) in [5, 5.41) is 3.37. The number of nitrogens with one attached hydrogen (secondary N) is 1. The van der Waals surface area contributed by atoms with Gasteiger partial charge in [-0.25, -0.2) is 14.4 Å². The van der Waals surface area contributed by atoms with E-state index in [0.29, 0.717) is 0 Å². The lowest BCUT2D eigenvalue weighted by molar-refractivity contribution is 0.627. The summed E-state index contributed by atoms with van der Waals surface area (Å²) in [6.07, 6.45) is 5.57. The molecule has 3 rings (SSSR count). The molecule has 1 saturated heterocycles. The van der Waals surface area contributed by atoms with Gasteiger partial charge in [0.05, 0.1) is 0 Å². The molecule has 5 heteroatoms. The van der Waals surface area contributed by atoms with Crippen molar-refractivity contribution in [3.05, 3.63) is 53.6 Å². The molecule has 0 bridgehead atoms. The molecular weight excluding hydrogens is 267 g/mol. The van der Waals surface area contributed by atoms with Crippen molar-refractivity contribution in [2.45, 2.75) is 12.8 Å². The first-order valence-electron chi connectivity index (χ1n) is 7.32. The molecule has 110 valence electrons. The fraction of sp³-hybridized carbons (Fsp3) is 0.375. The highest BCUT2D eigenvalue weighted by Gasteiger charge is 2.11. The Morgan fingerprint density at radius 2 is 1.76 bits per heavy atom. The highest BCUT2D eigenvalue weighted by Crippen LogP contribution is 2.12. The van der Waals surface area contributed by atoms with Crippen LogP contribution in [0, 0.1) is 5.82 Å². The number of hydrogen-bond acceptors (Lipinski definition) is 4. The maximum Gasteiger partial charge on any atom is 0.225 e. The fourth-order valence-corrected chi connectivity index (χ4v) is 2.49. The van der Waals surface area contributed by atoms with Gasteiger partial charge in [-0.2, -0.15) is 0 Å². The van der Waals surface area contributed by atoms with E-state index in [-0.39, 0.29) is 5.82 Å². The molecule has 0 atom stereocenters. The summed E-state index contributed by atoms with van der Waals surface area (Å²) < 4.78 is 12.9. The van der Waals surface area contributed by atoms with Gasteiger partial charge in [0, 0.05) is 38.4 Å². The summed E-state index contributed by atoms with van der Waals surface area (Å²) in [5.74, 6) is 0.585. The van der Waals surface area contributed by atoms with Crippen molar-refractivity contribution in [1.29, 1.82) is 0 Å². The monoisotopic (exact) mass is 286 g/mol. The van der Waals surface area contributed by atoms with E-state index in [4.69, 9.17) is 0 Å². The minimum atomic E-state index is -0.208. The lowest BCUT2D eigenvalue weighted by atomic mass is 10.1. The van der Waals surface area contributed by atoms with E-state index in [0.717, 1.165) is 56.1 Å². The molecule has 1 aromatic carbocycles. The summed E-state index contributed by atoms with van der Waals surface area (Å²) in [4.78, 5) is 11.2. The van der Waals surface area contributed by atoms with Crippen molar-refractivity contribution in [2.24, 2.45) is 0 Å². The smallest absolute Gasteiger partial charge is 0.225 e. The van der Waals surface area contributed by atoms with E-state index >= 15 is 0 Å². The molecule has 2 heterocycles. The molecule has 4 nitrogen and oxygen atoms in total. The molecule has 0 unspecified atom stereocenters. The second kappa shape index (κ2) is 6.63. The van der Waals surface area contributed by atoms with Crippen LogP contribution in [0.25, 0.3) is 0 Å². The normalized spacial score (nSPS) is 15.8. The molecule has 1 aliphatic heterocycles. The summed E-state index contributed by atoms with van der Waals surface area (Å²) in [5.41, 5.74) is 2.10.